The summed E-state index contributed by atoms with van der Waals surface area (Å²) in [5.41, 5.74) is 0. The Hall–Kier alpha value is 1.28. The summed E-state index contributed by atoms with van der Waals surface area (Å²) in [5, 5.41) is 1.98. The molecule has 0 radical (unpaired) electrons. The summed E-state index contributed by atoms with van der Waals surface area (Å²) >= 11 is 12.2. The maximum Gasteiger partial charge on any atom is 0.0478 e. The fraction of sp³-hybridized carbons (Fsp3) is 1.00. The van der Waals surface area contributed by atoms with Crippen LogP contribution >= 0.6 is 44.8 Å². The van der Waals surface area contributed by atoms with Crippen molar-refractivity contribution in [2.75, 3.05) is 0 Å². The molecule has 1 saturated carbocycles. The van der Waals surface area contributed by atoms with E-state index in [-0.39, 0.29) is 0 Å². The van der Waals surface area contributed by atoms with E-state index in [1.807, 2.05) is 21.6 Å². The van der Waals surface area contributed by atoms with Crippen molar-refractivity contribution in [3.8, 4) is 0 Å². The van der Waals surface area contributed by atoms with Crippen molar-refractivity contribution in [3.63, 3.8) is 0 Å². The van der Waals surface area contributed by atoms with Gasteiger partial charge in [-0.15, -0.1) is 23.2 Å². The molecule has 0 nitrogen and oxygen atoms in total. The van der Waals surface area contributed by atoms with Gasteiger partial charge in [-0.1, -0.05) is 21.6 Å². The highest BCUT2D eigenvalue weighted by Gasteiger charge is 2.41. The Labute approximate surface area is 78.8 Å². The van der Waals surface area contributed by atoms with Crippen LogP contribution in [-0.4, -0.2) is 21.3 Å². The maximum absolute atomic E-state index is 6.09. The Bertz CT molecular complexity index is 128. The van der Waals surface area contributed by atoms with Gasteiger partial charge < -0.3 is 0 Å². The molecule has 58 valence electrons. The van der Waals surface area contributed by atoms with Gasteiger partial charge in [0, 0.05) is 21.3 Å². The molecule has 2 bridgehead atoms. The molecule has 0 amide bonds. The zero-order chi connectivity index (χ0) is 7.14. The summed E-state index contributed by atoms with van der Waals surface area (Å²) in [4.78, 5) is 0. The molecule has 1 aliphatic heterocycles. The Kier molecular flexibility index (Phi) is 2.34. The molecular weight excluding hydrogens is 207 g/mol. The zero-order valence-electron chi connectivity index (χ0n) is 5.30. The highest BCUT2D eigenvalue weighted by molar-refractivity contribution is 8.77. The first-order chi connectivity index (χ1) is 4.77. The molecule has 0 aromatic carbocycles. The van der Waals surface area contributed by atoms with Crippen LogP contribution < -0.4 is 0 Å². The molecule has 4 unspecified atom stereocenters. The maximum atomic E-state index is 6.09. The predicted molar refractivity (Wildman–Crippen MR) is 51.3 cm³/mol. The highest BCUT2D eigenvalue weighted by atomic mass is 35.5. The fourth-order valence-corrected chi connectivity index (χ4v) is 6.32. The SMILES string of the molecule is ClC1CC(Cl)C2CC1SS2. The second-order valence-corrected chi connectivity index (χ2v) is 6.64. The summed E-state index contributed by atoms with van der Waals surface area (Å²) in [6.45, 7) is 0. The van der Waals surface area contributed by atoms with E-state index in [2.05, 4.69) is 0 Å². The van der Waals surface area contributed by atoms with Crippen LogP contribution in [0, 0.1) is 0 Å². The minimum absolute atomic E-state index is 0.318. The Morgan fingerprint density at radius 1 is 0.900 bits per heavy atom. The van der Waals surface area contributed by atoms with Gasteiger partial charge in [-0.2, -0.15) is 0 Å². The van der Waals surface area contributed by atoms with E-state index < -0.39 is 0 Å². The van der Waals surface area contributed by atoms with E-state index in [1.165, 1.54) is 6.42 Å². The number of alkyl halides is 2. The van der Waals surface area contributed by atoms with Gasteiger partial charge in [0.1, 0.15) is 0 Å². The molecule has 1 aliphatic carbocycles. The summed E-state index contributed by atoms with van der Waals surface area (Å²) in [7, 11) is 3.85. The summed E-state index contributed by atoms with van der Waals surface area (Å²) in [5.74, 6) is 0. The van der Waals surface area contributed by atoms with Crippen molar-refractivity contribution >= 4 is 44.8 Å². The number of rotatable bonds is 0. The number of fused-ring (bicyclic) bond motifs is 2. The Morgan fingerprint density at radius 3 is 1.90 bits per heavy atom. The van der Waals surface area contributed by atoms with Gasteiger partial charge in [0.15, 0.2) is 0 Å². The molecule has 1 heterocycles. The summed E-state index contributed by atoms with van der Waals surface area (Å²) in [6.07, 6.45) is 2.22. The standard InChI is InChI=1S/C6H8Cl2S2/c7-3-1-4(8)6-2-5(3)9-10-6/h3-6H,1-2H2. The predicted octanol–water partition coefficient (Wildman–Crippen LogP) is 3.13. The first-order valence-electron chi connectivity index (χ1n) is 3.37. The minimum Gasteiger partial charge on any atom is -0.122 e. The first kappa shape index (κ1) is 7.90. The molecule has 0 aromatic rings. The normalized spacial score (nSPS) is 53.4. The smallest absolute Gasteiger partial charge is 0.0478 e. The quantitative estimate of drug-likeness (QED) is 0.449. The van der Waals surface area contributed by atoms with Crippen molar-refractivity contribution < 1.29 is 0 Å². The monoisotopic (exact) mass is 214 g/mol. The number of hydrogen-bond donors (Lipinski definition) is 0. The van der Waals surface area contributed by atoms with Gasteiger partial charge in [-0.05, 0) is 12.8 Å². The van der Waals surface area contributed by atoms with Crippen LogP contribution in [0.5, 0.6) is 0 Å². The zero-order valence-corrected chi connectivity index (χ0v) is 8.44. The van der Waals surface area contributed by atoms with E-state index in [0.29, 0.717) is 21.3 Å². The van der Waals surface area contributed by atoms with Gasteiger partial charge >= 0.3 is 0 Å². The van der Waals surface area contributed by atoms with Crippen molar-refractivity contribution in [2.24, 2.45) is 0 Å². The summed E-state index contributed by atoms with van der Waals surface area (Å²) < 4.78 is 0. The van der Waals surface area contributed by atoms with E-state index in [0.717, 1.165) is 6.42 Å². The van der Waals surface area contributed by atoms with Crippen molar-refractivity contribution in [2.45, 2.75) is 34.1 Å². The van der Waals surface area contributed by atoms with Gasteiger partial charge in [-0.25, -0.2) is 0 Å². The second-order valence-electron chi connectivity index (χ2n) is 2.77. The van der Waals surface area contributed by atoms with E-state index >= 15 is 0 Å². The molecule has 4 heteroatoms. The van der Waals surface area contributed by atoms with Crippen LogP contribution in [0.4, 0.5) is 0 Å². The lowest BCUT2D eigenvalue weighted by Gasteiger charge is -2.25. The lowest BCUT2D eigenvalue weighted by atomic mass is 9.98. The van der Waals surface area contributed by atoms with E-state index in [4.69, 9.17) is 23.2 Å². The number of hydrogen-bond acceptors (Lipinski definition) is 2. The molecule has 0 aromatic heterocycles. The van der Waals surface area contributed by atoms with Gasteiger partial charge in [0.25, 0.3) is 0 Å². The largest absolute Gasteiger partial charge is 0.122 e. The molecule has 0 spiro atoms. The molecule has 4 atom stereocenters. The van der Waals surface area contributed by atoms with Crippen LogP contribution in [-0.2, 0) is 0 Å². The van der Waals surface area contributed by atoms with Crippen molar-refractivity contribution in [1.29, 1.82) is 0 Å². The molecule has 1 saturated heterocycles. The third kappa shape index (κ3) is 1.28. The summed E-state index contributed by atoms with van der Waals surface area (Å²) in [6, 6.07) is 0. The van der Waals surface area contributed by atoms with Crippen LogP contribution in [0.1, 0.15) is 12.8 Å². The fourth-order valence-electron chi connectivity index (χ4n) is 1.38. The third-order valence-corrected chi connectivity index (χ3v) is 6.75. The lowest BCUT2D eigenvalue weighted by molar-refractivity contribution is 0.551. The highest BCUT2D eigenvalue weighted by Crippen LogP contribution is 2.53. The Balaban J connectivity index is 2.09. The van der Waals surface area contributed by atoms with Crippen molar-refractivity contribution in [1.82, 2.24) is 0 Å². The van der Waals surface area contributed by atoms with Gasteiger partial charge in [0.2, 0.25) is 0 Å². The molecule has 2 rings (SSSR count). The first-order valence-corrected chi connectivity index (χ1v) is 6.52. The van der Waals surface area contributed by atoms with E-state index in [1.54, 1.807) is 0 Å². The van der Waals surface area contributed by atoms with Crippen LogP contribution in [0.2, 0.25) is 0 Å². The van der Waals surface area contributed by atoms with Gasteiger partial charge in [0.05, 0.1) is 0 Å². The molecule has 2 fully saturated rings. The van der Waals surface area contributed by atoms with Crippen LogP contribution in [0.15, 0.2) is 0 Å². The van der Waals surface area contributed by atoms with E-state index in [9.17, 15) is 0 Å². The second kappa shape index (κ2) is 2.96. The van der Waals surface area contributed by atoms with Crippen molar-refractivity contribution in [3.05, 3.63) is 0 Å². The number of halogens is 2. The Morgan fingerprint density at radius 2 is 1.40 bits per heavy atom. The van der Waals surface area contributed by atoms with Gasteiger partial charge in [-0.3, -0.25) is 0 Å². The van der Waals surface area contributed by atoms with Crippen LogP contribution in [0.25, 0.3) is 0 Å². The van der Waals surface area contributed by atoms with Crippen LogP contribution in [0.3, 0.4) is 0 Å². The minimum atomic E-state index is 0.318. The average molecular weight is 215 g/mol. The average Bonchev–Trinajstić information content (AvgIpc) is 2.28. The lowest BCUT2D eigenvalue weighted by Crippen LogP contribution is -2.31. The topological polar surface area (TPSA) is 0 Å². The molecule has 10 heavy (non-hydrogen) atoms. The molecular formula is C6H8Cl2S2. The molecule has 0 N–H and O–H groups in total. The third-order valence-electron chi connectivity index (χ3n) is 2.02. The molecule has 2 aliphatic rings.